The zero-order chi connectivity index (χ0) is 14.5. The Hall–Kier alpha value is -1.59. The maximum absolute atomic E-state index is 9.85. The zero-order valence-electron chi connectivity index (χ0n) is 12.2. The fourth-order valence-electron chi connectivity index (χ4n) is 1.97. The fraction of sp³-hybridized carbons (Fsp3) is 0.533. The summed E-state index contributed by atoms with van der Waals surface area (Å²) in [5, 5.41) is 18.0. The molecule has 0 saturated carbocycles. The van der Waals surface area contributed by atoms with Gasteiger partial charge < -0.3 is 19.7 Å². The van der Waals surface area contributed by atoms with Crippen LogP contribution < -0.4 is 10.1 Å². The molecule has 2 rings (SSSR count). The molecule has 110 valence electrons. The number of aromatic nitrogens is 1. The number of hydrogen-bond acceptors (Lipinski definition) is 5. The minimum atomic E-state index is -0.554. The molecule has 0 spiro atoms. The molecule has 5 heteroatoms. The van der Waals surface area contributed by atoms with Crippen molar-refractivity contribution in [3.05, 3.63) is 23.9 Å². The summed E-state index contributed by atoms with van der Waals surface area (Å²) in [4.78, 5) is 0. The average Bonchev–Trinajstić information content (AvgIpc) is 2.86. The first-order chi connectivity index (χ1) is 9.61. The van der Waals surface area contributed by atoms with Crippen LogP contribution in [0, 0.1) is 0 Å². The van der Waals surface area contributed by atoms with Crippen molar-refractivity contribution in [2.45, 2.75) is 39.3 Å². The van der Waals surface area contributed by atoms with Crippen molar-refractivity contribution in [1.82, 2.24) is 10.5 Å². The molecule has 0 aliphatic carbocycles. The van der Waals surface area contributed by atoms with E-state index in [-0.39, 0.29) is 6.61 Å². The van der Waals surface area contributed by atoms with Gasteiger partial charge in [0.25, 0.3) is 0 Å². The van der Waals surface area contributed by atoms with E-state index in [1.54, 1.807) is 0 Å². The second-order valence-corrected chi connectivity index (χ2v) is 5.14. The molecular weight excluding hydrogens is 256 g/mol. The standard InChI is InChI=1S/C15H22N2O3/c1-4-13-12-6-5-7-14(15(12)20-17-13)19-9-11(18)8-16-10(2)3/h5-7,10-11,16,18H,4,8-9H2,1-3H3. The number of nitrogens with one attached hydrogen (secondary N) is 1. The highest BCUT2D eigenvalue weighted by Crippen LogP contribution is 2.28. The Labute approximate surface area is 118 Å². The lowest BCUT2D eigenvalue weighted by Gasteiger charge is -2.14. The van der Waals surface area contributed by atoms with E-state index in [1.807, 2.05) is 39.0 Å². The molecule has 1 aromatic heterocycles. The number of rotatable bonds is 7. The number of fused-ring (bicyclic) bond motifs is 1. The molecule has 20 heavy (non-hydrogen) atoms. The van der Waals surface area contributed by atoms with Gasteiger partial charge >= 0.3 is 0 Å². The van der Waals surface area contributed by atoms with E-state index in [9.17, 15) is 5.11 Å². The van der Waals surface area contributed by atoms with Gasteiger partial charge in [0.05, 0.1) is 5.69 Å². The Balaban J connectivity index is 2.01. The first-order valence-corrected chi connectivity index (χ1v) is 7.03. The summed E-state index contributed by atoms with van der Waals surface area (Å²) < 4.78 is 11.0. The molecule has 2 aromatic rings. The van der Waals surface area contributed by atoms with Crippen molar-refractivity contribution < 1.29 is 14.4 Å². The van der Waals surface area contributed by atoms with Crippen molar-refractivity contribution in [1.29, 1.82) is 0 Å². The molecule has 1 unspecified atom stereocenters. The van der Waals surface area contributed by atoms with Crippen LogP contribution in [0.4, 0.5) is 0 Å². The van der Waals surface area contributed by atoms with Gasteiger partial charge in [-0.1, -0.05) is 32.0 Å². The lowest BCUT2D eigenvalue weighted by Crippen LogP contribution is -2.35. The number of aliphatic hydroxyl groups is 1. The number of hydrogen-bond donors (Lipinski definition) is 2. The minimum Gasteiger partial charge on any atom is -0.487 e. The zero-order valence-corrected chi connectivity index (χ0v) is 12.2. The SMILES string of the molecule is CCc1noc2c(OCC(O)CNC(C)C)cccc12. The van der Waals surface area contributed by atoms with Gasteiger partial charge in [0.2, 0.25) is 5.58 Å². The Morgan fingerprint density at radius 3 is 2.90 bits per heavy atom. The van der Waals surface area contributed by atoms with Gasteiger partial charge in [0, 0.05) is 18.0 Å². The third-order valence-corrected chi connectivity index (χ3v) is 3.06. The molecule has 5 nitrogen and oxygen atoms in total. The molecule has 0 aliphatic heterocycles. The Bertz CT molecular complexity index is 551. The summed E-state index contributed by atoms with van der Waals surface area (Å²) in [6.45, 7) is 6.83. The highest BCUT2D eigenvalue weighted by atomic mass is 16.5. The van der Waals surface area contributed by atoms with Crippen LogP contribution in [0.2, 0.25) is 0 Å². The minimum absolute atomic E-state index is 0.223. The van der Waals surface area contributed by atoms with Gasteiger partial charge in [0.15, 0.2) is 5.75 Å². The Morgan fingerprint density at radius 2 is 2.20 bits per heavy atom. The summed E-state index contributed by atoms with van der Waals surface area (Å²) in [6.07, 6.45) is 0.262. The first-order valence-electron chi connectivity index (χ1n) is 7.03. The molecule has 0 bridgehead atoms. The largest absolute Gasteiger partial charge is 0.487 e. The third kappa shape index (κ3) is 3.49. The normalized spacial score (nSPS) is 13.1. The molecular formula is C15H22N2O3. The van der Waals surface area contributed by atoms with Crippen LogP contribution in [-0.2, 0) is 6.42 Å². The van der Waals surface area contributed by atoms with Crippen molar-refractivity contribution in [2.24, 2.45) is 0 Å². The fourth-order valence-corrected chi connectivity index (χ4v) is 1.97. The maximum atomic E-state index is 9.85. The van der Waals surface area contributed by atoms with E-state index < -0.39 is 6.10 Å². The molecule has 2 N–H and O–H groups in total. The number of aliphatic hydroxyl groups excluding tert-OH is 1. The summed E-state index contributed by atoms with van der Waals surface area (Å²) in [6, 6.07) is 6.05. The summed E-state index contributed by atoms with van der Waals surface area (Å²) >= 11 is 0. The lowest BCUT2D eigenvalue weighted by molar-refractivity contribution is 0.105. The summed E-state index contributed by atoms with van der Waals surface area (Å²) in [7, 11) is 0. The van der Waals surface area contributed by atoms with Gasteiger partial charge in [-0.25, -0.2) is 0 Å². The third-order valence-electron chi connectivity index (χ3n) is 3.06. The second kappa shape index (κ2) is 6.72. The molecule has 0 saturated heterocycles. The van der Waals surface area contributed by atoms with Crippen molar-refractivity contribution in [2.75, 3.05) is 13.2 Å². The van der Waals surface area contributed by atoms with Gasteiger partial charge in [-0.15, -0.1) is 0 Å². The number of para-hydroxylation sites is 1. The van der Waals surface area contributed by atoms with Gasteiger partial charge in [-0.3, -0.25) is 0 Å². The smallest absolute Gasteiger partial charge is 0.208 e. The van der Waals surface area contributed by atoms with Crippen LogP contribution in [0.25, 0.3) is 11.0 Å². The van der Waals surface area contributed by atoms with E-state index in [0.717, 1.165) is 17.5 Å². The van der Waals surface area contributed by atoms with E-state index in [4.69, 9.17) is 9.26 Å². The maximum Gasteiger partial charge on any atom is 0.208 e. The van der Waals surface area contributed by atoms with Crippen LogP contribution in [0.5, 0.6) is 5.75 Å². The van der Waals surface area contributed by atoms with Gasteiger partial charge in [-0.2, -0.15) is 0 Å². The van der Waals surface area contributed by atoms with Gasteiger partial charge in [0.1, 0.15) is 12.7 Å². The lowest BCUT2D eigenvalue weighted by atomic mass is 10.2. The Morgan fingerprint density at radius 1 is 1.40 bits per heavy atom. The topological polar surface area (TPSA) is 67.5 Å². The predicted octanol–water partition coefficient (Wildman–Crippen LogP) is 2.13. The van der Waals surface area contributed by atoms with Crippen molar-refractivity contribution in [3.63, 3.8) is 0 Å². The monoisotopic (exact) mass is 278 g/mol. The average molecular weight is 278 g/mol. The molecule has 1 heterocycles. The Kier molecular flexibility index (Phi) is 4.98. The molecule has 1 atom stereocenters. The summed E-state index contributed by atoms with van der Waals surface area (Å²) in [5.74, 6) is 0.623. The highest BCUT2D eigenvalue weighted by molar-refractivity contribution is 5.84. The van der Waals surface area contributed by atoms with E-state index in [0.29, 0.717) is 23.9 Å². The molecule has 0 amide bonds. The van der Waals surface area contributed by atoms with Crippen LogP contribution >= 0.6 is 0 Å². The van der Waals surface area contributed by atoms with Crippen LogP contribution in [0.3, 0.4) is 0 Å². The van der Waals surface area contributed by atoms with Crippen molar-refractivity contribution in [3.8, 4) is 5.75 Å². The second-order valence-electron chi connectivity index (χ2n) is 5.14. The number of aryl methyl sites for hydroxylation is 1. The molecule has 0 radical (unpaired) electrons. The first kappa shape index (κ1) is 14.8. The number of benzene rings is 1. The number of ether oxygens (including phenoxy) is 1. The predicted molar refractivity (Wildman–Crippen MR) is 78.0 cm³/mol. The quantitative estimate of drug-likeness (QED) is 0.812. The summed E-state index contributed by atoms with van der Waals surface area (Å²) in [5.41, 5.74) is 1.57. The van der Waals surface area contributed by atoms with E-state index >= 15 is 0 Å². The van der Waals surface area contributed by atoms with Gasteiger partial charge in [-0.05, 0) is 18.6 Å². The van der Waals surface area contributed by atoms with Crippen molar-refractivity contribution >= 4 is 11.0 Å². The molecule has 0 fully saturated rings. The van der Waals surface area contributed by atoms with Crippen LogP contribution in [0.15, 0.2) is 22.7 Å². The van der Waals surface area contributed by atoms with E-state index in [1.165, 1.54) is 0 Å². The molecule has 0 aliphatic rings. The highest BCUT2D eigenvalue weighted by Gasteiger charge is 2.13. The molecule has 1 aromatic carbocycles. The van der Waals surface area contributed by atoms with Crippen LogP contribution in [0.1, 0.15) is 26.5 Å². The van der Waals surface area contributed by atoms with E-state index in [2.05, 4.69) is 10.5 Å². The van der Waals surface area contributed by atoms with Crippen LogP contribution in [-0.4, -0.2) is 35.6 Å². The number of nitrogens with zero attached hydrogens (tertiary/aromatic N) is 1.